The Kier molecular flexibility index (Phi) is 5.45. The average molecular weight is 200 g/mol. The van der Waals surface area contributed by atoms with Crippen molar-refractivity contribution in [1.82, 2.24) is 9.80 Å². The predicted octanol–water partition coefficient (Wildman–Crippen LogP) is 1.40. The summed E-state index contributed by atoms with van der Waals surface area (Å²) < 4.78 is 5.38. The SMILES string of the molecule is CCC(N(CC)CC)N1CCOCC1. The lowest BCUT2D eigenvalue weighted by Gasteiger charge is -2.40. The summed E-state index contributed by atoms with van der Waals surface area (Å²) in [6.07, 6.45) is 1.83. The van der Waals surface area contributed by atoms with Crippen molar-refractivity contribution >= 4 is 0 Å². The monoisotopic (exact) mass is 200 g/mol. The van der Waals surface area contributed by atoms with Gasteiger partial charge in [-0.1, -0.05) is 20.8 Å². The predicted molar refractivity (Wildman–Crippen MR) is 59.4 cm³/mol. The first-order valence-electron chi connectivity index (χ1n) is 5.89. The molecular weight excluding hydrogens is 176 g/mol. The molecule has 1 aliphatic rings. The van der Waals surface area contributed by atoms with E-state index in [9.17, 15) is 0 Å². The van der Waals surface area contributed by atoms with Crippen molar-refractivity contribution in [2.45, 2.75) is 33.4 Å². The second-order valence-corrected chi connectivity index (χ2v) is 3.76. The Morgan fingerprint density at radius 2 is 1.71 bits per heavy atom. The van der Waals surface area contributed by atoms with E-state index in [2.05, 4.69) is 30.6 Å². The normalized spacial score (nSPS) is 21.4. The van der Waals surface area contributed by atoms with Crippen LogP contribution in [0.25, 0.3) is 0 Å². The summed E-state index contributed by atoms with van der Waals surface area (Å²) in [5.41, 5.74) is 0. The molecule has 0 aromatic carbocycles. The number of morpholine rings is 1. The molecule has 1 aliphatic heterocycles. The highest BCUT2D eigenvalue weighted by Gasteiger charge is 2.22. The molecule has 0 saturated carbocycles. The van der Waals surface area contributed by atoms with Crippen molar-refractivity contribution < 1.29 is 4.74 Å². The van der Waals surface area contributed by atoms with Gasteiger partial charge in [-0.05, 0) is 19.5 Å². The van der Waals surface area contributed by atoms with Crippen molar-refractivity contribution in [3.8, 4) is 0 Å². The van der Waals surface area contributed by atoms with Crippen LogP contribution in [-0.4, -0.2) is 55.4 Å². The van der Waals surface area contributed by atoms with Crippen molar-refractivity contribution in [2.24, 2.45) is 0 Å². The second kappa shape index (κ2) is 6.38. The Hall–Kier alpha value is -0.120. The highest BCUT2D eigenvalue weighted by Crippen LogP contribution is 2.11. The Bertz CT molecular complexity index is 142. The van der Waals surface area contributed by atoms with Gasteiger partial charge in [-0.25, -0.2) is 0 Å². The highest BCUT2D eigenvalue weighted by atomic mass is 16.5. The Morgan fingerprint density at radius 3 is 2.14 bits per heavy atom. The molecule has 0 aromatic heterocycles. The third kappa shape index (κ3) is 2.94. The fourth-order valence-corrected chi connectivity index (χ4v) is 2.27. The highest BCUT2D eigenvalue weighted by molar-refractivity contribution is 4.73. The Morgan fingerprint density at radius 1 is 1.14 bits per heavy atom. The zero-order valence-electron chi connectivity index (χ0n) is 9.83. The molecule has 3 nitrogen and oxygen atoms in total. The maximum Gasteiger partial charge on any atom is 0.0621 e. The van der Waals surface area contributed by atoms with Crippen LogP contribution in [0, 0.1) is 0 Å². The minimum Gasteiger partial charge on any atom is -0.379 e. The van der Waals surface area contributed by atoms with Crippen molar-refractivity contribution in [3.63, 3.8) is 0 Å². The van der Waals surface area contributed by atoms with Gasteiger partial charge in [0.2, 0.25) is 0 Å². The van der Waals surface area contributed by atoms with Crippen LogP contribution >= 0.6 is 0 Å². The number of hydrogen-bond donors (Lipinski definition) is 0. The molecule has 0 bridgehead atoms. The number of ether oxygens (including phenoxy) is 1. The molecule has 3 heteroatoms. The minimum absolute atomic E-state index is 0.619. The van der Waals surface area contributed by atoms with Crippen LogP contribution in [0.4, 0.5) is 0 Å². The van der Waals surface area contributed by atoms with E-state index in [1.165, 1.54) is 6.42 Å². The third-order valence-corrected chi connectivity index (χ3v) is 3.07. The van der Waals surface area contributed by atoms with E-state index in [0.717, 1.165) is 39.4 Å². The van der Waals surface area contributed by atoms with E-state index in [4.69, 9.17) is 4.74 Å². The molecule has 1 saturated heterocycles. The van der Waals surface area contributed by atoms with Gasteiger partial charge in [0.25, 0.3) is 0 Å². The lowest BCUT2D eigenvalue weighted by Crippen LogP contribution is -2.52. The molecule has 0 radical (unpaired) electrons. The molecular formula is C11H24N2O. The van der Waals surface area contributed by atoms with E-state index in [0.29, 0.717) is 6.17 Å². The van der Waals surface area contributed by atoms with Crippen LogP contribution in [0.1, 0.15) is 27.2 Å². The summed E-state index contributed by atoms with van der Waals surface area (Å²) in [6, 6.07) is 0. The van der Waals surface area contributed by atoms with Gasteiger partial charge in [0, 0.05) is 13.1 Å². The van der Waals surface area contributed by atoms with Gasteiger partial charge >= 0.3 is 0 Å². The van der Waals surface area contributed by atoms with Crippen LogP contribution in [0.3, 0.4) is 0 Å². The van der Waals surface area contributed by atoms with Crippen LogP contribution in [0.2, 0.25) is 0 Å². The van der Waals surface area contributed by atoms with Crippen molar-refractivity contribution in [2.75, 3.05) is 39.4 Å². The molecule has 1 heterocycles. The molecule has 0 amide bonds. The maximum absolute atomic E-state index is 5.38. The van der Waals surface area contributed by atoms with Crippen LogP contribution in [0.5, 0.6) is 0 Å². The molecule has 0 aromatic rings. The summed E-state index contributed by atoms with van der Waals surface area (Å²) in [4.78, 5) is 5.09. The topological polar surface area (TPSA) is 15.7 Å². The van der Waals surface area contributed by atoms with Crippen LogP contribution in [-0.2, 0) is 4.74 Å². The summed E-state index contributed by atoms with van der Waals surface area (Å²) in [5.74, 6) is 0. The zero-order valence-corrected chi connectivity index (χ0v) is 9.83. The summed E-state index contributed by atoms with van der Waals surface area (Å²) in [7, 11) is 0. The van der Waals surface area contributed by atoms with Gasteiger partial charge in [0.1, 0.15) is 0 Å². The van der Waals surface area contributed by atoms with E-state index in [1.54, 1.807) is 0 Å². The quantitative estimate of drug-likeness (QED) is 0.667. The minimum atomic E-state index is 0.619. The second-order valence-electron chi connectivity index (χ2n) is 3.76. The maximum atomic E-state index is 5.38. The van der Waals surface area contributed by atoms with Gasteiger partial charge in [-0.2, -0.15) is 0 Å². The Labute approximate surface area is 88.0 Å². The molecule has 14 heavy (non-hydrogen) atoms. The number of rotatable bonds is 5. The zero-order chi connectivity index (χ0) is 10.4. The summed E-state index contributed by atoms with van der Waals surface area (Å²) in [5, 5.41) is 0. The largest absolute Gasteiger partial charge is 0.379 e. The van der Waals surface area contributed by atoms with Gasteiger partial charge in [-0.3, -0.25) is 9.80 Å². The number of nitrogens with zero attached hydrogens (tertiary/aromatic N) is 2. The molecule has 0 N–H and O–H groups in total. The molecule has 1 rings (SSSR count). The first-order chi connectivity index (χ1) is 6.83. The van der Waals surface area contributed by atoms with Gasteiger partial charge in [-0.15, -0.1) is 0 Å². The third-order valence-electron chi connectivity index (χ3n) is 3.07. The number of hydrogen-bond acceptors (Lipinski definition) is 3. The first kappa shape index (κ1) is 12.0. The van der Waals surface area contributed by atoms with Crippen molar-refractivity contribution in [3.05, 3.63) is 0 Å². The van der Waals surface area contributed by atoms with Crippen molar-refractivity contribution in [1.29, 1.82) is 0 Å². The fraction of sp³-hybridized carbons (Fsp3) is 1.00. The molecule has 1 atom stereocenters. The molecule has 1 unspecified atom stereocenters. The fourth-order valence-electron chi connectivity index (χ4n) is 2.27. The molecule has 0 spiro atoms. The molecule has 0 aliphatic carbocycles. The lowest BCUT2D eigenvalue weighted by atomic mass is 10.2. The first-order valence-corrected chi connectivity index (χ1v) is 5.89. The summed E-state index contributed by atoms with van der Waals surface area (Å²) in [6.45, 7) is 13.0. The average Bonchev–Trinajstić information content (AvgIpc) is 2.27. The van der Waals surface area contributed by atoms with Crippen LogP contribution < -0.4 is 0 Å². The van der Waals surface area contributed by atoms with E-state index in [-0.39, 0.29) is 0 Å². The Balaban J connectivity index is 2.49. The summed E-state index contributed by atoms with van der Waals surface area (Å²) >= 11 is 0. The molecule has 1 fully saturated rings. The van der Waals surface area contributed by atoms with Gasteiger partial charge in [0.15, 0.2) is 0 Å². The lowest BCUT2D eigenvalue weighted by molar-refractivity contribution is -0.0320. The van der Waals surface area contributed by atoms with Gasteiger partial charge < -0.3 is 4.74 Å². The van der Waals surface area contributed by atoms with E-state index < -0.39 is 0 Å². The van der Waals surface area contributed by atoms with Crippen LogP contribution in [0.15, 0.2) is 0 Å². The standard InChI is InChI=1S/C11H24N2O/c1-4-11(12(5-2)6-3)13-7-9-14-10-8-13/h11H,4-10H2,1-3H3. The van der Waals surface area contributed by atoms with E-state index >= 15 is 0 Å². The van der Waals surface area contributed by atoms with Gasteiger partial charge in [0.05, 0.1) is 19.4 Å². The van der Waals surface area contributed by atoms with E-state index in [1.807, 2.05) is 0 Å². The smallest absolute Gasteiger partial charge is 0.0621 e. The molecule has 84 valence electrons.